The minimum Gasteiger partial charge on any atom is -0.307 e. The second-order valence-electron chi connectivity index (χ2n) is 4.91. The van der Waals surface area contributed by atoms with Crippen molar-refractivity contribution in [2.24, 2.45) is 0 Å². The Kier molecular flexibility index (Phi) is 6.18. The zero-order chi connectivity index (χ0) is 12.8. The van der Waals surface area contributed by atoms with Gasteiger partial charge >= 0.3 is 0 Å². The van der Waals surface area contributed by atoms with Crippen LogP contribution >= 0.6 is 33.9 Å². The third-order valence-corrected chi connectivity index (χ3v) is 5.33. The summed E-state index contributed by atoms with van der Waals surface area (Å²) in [6.07, 6.45) is 10.6. The molecule has 1 aromatic heterocycles. The molecule has 0 spiro atoms. The van der Waals surface area contributed by atoms with Crippen molar-refractivity contribution in [3.63, 3.8) is 0 Å². The molecule has 0 saturated heterocycles. The summed E-state index contributed by atoms with van der Waals surface area (Å²) in [5.74, 6) is 0. The first kappa shape index (κ1) is 14.5. The standard InChI is InChI=1S/C15H22INS/c1-2-17-15(13-10-14(16)18-11-13)12-8-6-4-3-5-7-9-12/h8,10-11,15,17H,2-7,9H2,1H3. The highest BCUT2D eigenvalue weighted by Gasteiger charge is 2.17. The second kappa shape index (κ2) is 7.65. The third kappa shape index (κ3) is 4.07. The molecule has 1 nitrogen and oxygen atoms in total. The highest BCUT2D eigenvalue weighted by Crippen LogP contribution is 2.31. The van der Waals surface area contributed by atoms with Gasteiger partial charge in [0.2, 0.25) is 0 Å². The van der Waals surface area contributed by atoms with Gasteiger partial charge in [-0.05, 0) is 71.8 Å². The summed E-state index contributed by atoms with van der Waals surface area (Å²) in [5.41, 5.74) is 3.07. The van der Waals surface area contributed by atoms with Crippen molar-refractivity contribution in [3.8, 4) is 0 Å². The van der Waals surface area contributed by atoms with Crippen molar-refractivity contribution < 1.29 is 0 Å². The van der Waals surface area contributed by atoms with Gasteiger partial charge in [-0.25, -0.2) is 0 Å². The van der Waals surface area contributed by atoms with E-state index in [1.807, 2.05) is 11.3 Å². The quantitative estimate of drug-likeness (QED) is 0.557. The van der Waals surface area contributed by atoms with Gasteiger partial charge in [-0.2, -0.15) is 0 Å². The molecule has 18 heavy (non-hydrogen) atoms. The molecular formula is C15H22INS. The molecule has 100 valence electrons. The molecule has 0 fully saturated rings. The Balaban J connectivity index is 2.17. The Labute approximate surface area is 128 Å². The van der Waals surface area contributed by atoms with E-state index in [1.54, 1.807) is 5.57 Å². The summed E-state index contributed by atoms with van der Waals surface area (Å²) in [6, 6.07) is 2.78. The number of thiophene rings is 1. The van der Waals surface area contributed by atoms with Gasteiger partial charge in [0.1, 0.15) is 0 Å². The highest BCUT2D eigenvalue weighted by atomic mass is 127. The lowest BCUT2D eigenvalue weighted by molar-refractivity contribution is 0.555. The van der Waals surface area contributed by atoms with Crippen molar-refractivity contribution in [2.75, 3.05) is 6.54 Å². The first-order chi connectivity index (χ1) is 8.81. The lowest BCUT2D eigenvalue weighted by Gasteiger charge is -2.22. The van der Waals surface area contributed by atoms with E-state index < -0.39 is 0 Å². The Morgan fingerprint density at radius 1 is 1.33 bits per heavy atom. The van der Waals surface area contributed by atoms with Crippen LogP contribution in [0, 0.1) is 2.88 Å². The average molecular weight is 375 g/mol. The molecule has 1 aliphatic rings. The molecule has 3 heteroatoms. The fraction of sp³-hybridized carbons (Fsp3) is 0.600. The SMILES string of the molecule is CCNC(C1=CCCCCCC1)c1csc(I)c1. The van der Waals surface area contributed by atoms with Crippen molar-refractivity contribution in [1.82, 2.24) is 5.32 Å². The second-order valence-corrected chi connectivity index (χ2v) is 7.71. The van der Waals surface area contributed by atoms with Crippen molar-refractivity contribution in [3.05, 3.63) is 31.5 Å². The predicted molar refractivity (Wildman–Crippen MR) is 89.2 cm³/mol. The largest absolute Gasteiger partial charge is 0.307 e. The molecule has 0 bridgehead atoms. The Morgan fingerprint density at radius 2 is 2.17 bits per heavy atom. The minimum atomic E-state index is 0.452. The van der Waals surface area contributed by atoms with Crippen LogP contribution in [-0.2, 0) is 0 Å². The lowest BCUT2D eigenvalue weighted by atomic mass is 9.92. The monoisotopic (exact) mass is 375 g/mol. The summed E-state index contributed by atoms with van der Waals surface area (Å²) in [5, 5.41) is 5.98. The number of rotatable bonds is 4. The van der Waals surface area contributed by atoms with Crippen LogP contribution in [0.25, 0.3) is 0 Å². The van der Waals surface area contributed by atoms with Gasteiger partial charge in [0.25, 0.3) is 0 Å². The number of hydrogen-bond acceptors (Lipinski definition) is 2. The number of halogens is 1. The van der Waals surface area contributed by atoms with E-state index in [-0.39, 0.29) is 0 Å². The van der Waals surface area contributed by atoms with Crippen LogP contribution in [0.2, 0.25) is 0 Å². The zero-order valence-electron chi connectivity index (χ0n) is 11.0. The molecule has 1 unspecified atom stereocenters. The summed E-state index contributed by atoms with van der Waals surface area (Å²) >= 11 is 4.27. The van der Waals surface area contributed by atoms with Crippen molar-refractivity contribution >= 4 is 33.9 Å². The van der Waals surface area contributed by atoms with Crippen LogP contribution in [0.5, 0.6) is 0 Å². The summed E-state index contributed by atoms with van der Waals surface area (Å²) < 4.78 is 1.39. The maximum Gasteiger partial charge on any atom is 0.0656 e. The van der Waals surface area contributed by atoms with Crippen molar-refractivity contribution in [2.45, 2.75) is 51.5 Å². The first-order valence-corrected chi connectivity index (χ1v) is 8.93. The molecule has 0 aromatic carbocycles. The summed E-state index contributed by atoms with van der Waals surface area (Å²) in [7, 11) is 0. The van der Waals surface area contributed by atoms with E-state index in [4.69, 9.17) is 0 Å². The third-order valence-electron chi connectivity index (χ3n) is 3.53. The van der Waals surface area contributed by atoms with E-state index in [1.165, 1.54) is 47.0 Å². The molecule has 0 saturated carbocycles. The van der Waals surface area contributed by atoms with Crippen LogP contribution in [0.15, 0.2) is 23.1 Å². The highest BCUT2D eigenvalue weighted by molar-refractivity contribution is 14.1. The topological polar surface area (TPSA) is 12.0 Å². The average Bonchev–Trinajstić information content (AvgIpc) is 2.73. The lowest BCUT2D eigenvalue weighted by Crippen LogP contribution is -2.22. The molecule has 1 aromatic rings. The minimum absolute atomic E-state index is 0.452. The first-order valence-electron chi connectivity index (χ1n) is 6.97. The van der Waals surface area contributed by atoms with Gasteiger partial charge in [-0.15, -0.1) is 11.3 Å². The molecule has 1 heterocycles. The smallest absolute Gasteiger partial charge is 0.0656 e. The molecule has 0 aliphatic heterocycles. The summed E-state index contributed by atoms with van der Waals surface area (Å²) in [6.45, 7) is 3.24. The van der Waals surface area contributed by atoms with Gasteiger partial charge < -0.3 is 5.32 Å². The maximum atomic E-state index is 3.67. The predicted octanol–water partition coefficient (Wildman–Crippen LogP) is 5.28. The Morgan fingerprint density at radius 3 is 2.89 bits per heavy atom. The fourth-order valence-electron chi connectivity index (χ4n) is 2.62. The number of hydrogen-bond donors (Lipinski definition) is 1. The Bertz CT molecular complexity index is 397. The van der Waals surface area contributed by atoms with Gasteiger partial charge in [0.05, 0.1) is 8.93 Å². The van der Waals surface area contributed by atoms with Gasteiger partial charge in [0, 0.05) is 0 Å². The van der Waals surface area contributed by atoms with Crippen molar-refractivity contribution in [1.29, 1.82) is 0 Å². The van der Waals surface area contributed by atoms with Crippen LogP contribution < -0.4 is 5.32 Å². The normalized spacial score (nSPS) is 18.9. The number of nitrogens with one attached hydrogen (secondary N) is 1. The van der Waals surface area contributed by atoms with Crippen LogP contribution in [-0.4, -0.2) is 6.54 Å². The van der Waals surface area contributed by atoms with E-state index in [0.717, 1.165) is 6.54 Å². The van der Waals surface area contributed by atoms with Gasteiger partial charge in [0.15, 0.2) is 0 Å². The number of likely N-dealkylation sites (N-methyl/N-ethyl adjacent to an activating group) is 1. The zero-order valence-corrected chi connectivity index (χ0v) is 14.0. The number of allylic oxidation sites excluding steroid dienone is 1. The molecule has 1 N–H and O–H groups in total. The fourth-order valence-corrected chi connectivity index (χ4v) is 4.02. The molecular weight excluding hydrogens is 353 g/mol. The molecule has 2 rings (SSSR count). The van der Waals surface area contributed by atoms with Crippen LogP contribution in [0.4, 0.5) is 0 Å². The molecule has 1 aliphatic carbocycles. The van der Waals surface area contributed by atoms with E-state index in [2.05, 4.69) is 52.4 Å². The maximum absolute atomic E-state index is 3.67. The van der Waals surface area contributed by atoms with Gasteiger partial charge in [-0.3, -0.25) is 0 Å². The molecule has 1 atom stereocenters. The Hall–Kier alpha value is 0.130. The molecule has 0 radical (unpaired) electrons. The summed E-state index contributed by atoms with van der Waals surface area (Å²) in [4.78, 5) is 0. The van der Waals surface area contributed by atoms with Crippen LogP contribution in [0.3, 0.4) is 0 Å². The van der Waals surface area contributed by atoms with E-state index in [9.17, 15) is 0 Å². The van der Waals surface area contributed by atoms with Crippen LogP contribution in [0.1, 0.15) is 57.1 Å². The van der Waals surface area contributed by atoms with E-state index in [0.29, 0.717) is 6.04 Å². The van der Waals surface area contributed by atoms with Gasteiger partial charge in [-0.1, -0.05) is 31.4 Å². The van der Waals surface area contributed by atoms with E-state index >= 15 is 0 Å². The molecule has 0 amide bonds.